The topological polar surface area (TPSA) is 55.1 Å². The zero-order chi connectivity index (χ0) is 15.4. The molecule has 0 bridgehead atoms. The smallest absolute Gasteiger partial charge is 0.449 e. The van der Waals surface area contributed by atoms with Crippen LogP contribution in [0.2, 0.25) is 0 Å². The number of hydrogen-bond acceptors (Lipinski definition) is 2. The highest BCUT2D eigenvalue weighted by atomic mass is 19.4. The number of hydrogen-bond donors (Lipinski definition) is 1. The third-order valence-electron chi connectivity index (χ3n) is 3.89. The molecular formula is C14H13F3N2O2. The Bertz CT molecular complexity index is 730. The second-order valence-electron chi connectivity index (χ2n) is 5.84. The van der Waals surface area contributed by atoms with Crippen LogP contribution in [-0.2, 0) is 12.7 Å². The average molecular weight is 298 g/mol. The van der Waals surface area contributed by atoms with E-state index in [9.17, 15) is 18.0 Å². The van der Waals surface area contributed by atoms with E-state index in [-0.39, 0.29) is 28.6 Å². The van der Waals surface area contributed by atoms with Crippen LogP contribution in [0.5, 0.6) is 0 Å². The van der Waals surface area contributed by atoms with Crippen LogP contribution in [0.3, 0.4) is 0 Å². The molecule has 112 valence electrons. The summed E-state index contributed by atoms with van der Waals surface area (Å²) in [6.07, 6.45) is -2.83. The zero-order valence-electron chi connectivity index (χ0n) is 11.2. The number of benzene rings is 1. The van der Waals surface area contributed by atoms with Crippen molar-refractivity contribution in [2.75, 3.05) is 0 Å². The number of fused-ring (bicyclic) bond motifs is 1. The molecule has 0 amide bonds. The van der Waals surface area contributed by atoms with Gasteiger partial charge < -0.3 is 9.67 Å². The maximum Gasteiger partial charge on any atom is 0.449 e. The predicted molar refractivity (Wildman–Crippen MR) is 69.0 cm³/mol. The van der Waals surface area contributed by atoms with Crippen molar-refractivity contribution in [3.8, 4) is 0 Å². The molecule has 1 heterocycles. The fourth-order valence-electron chi connectivity index (χ4n) is 2.39. The van der Waals surface area contributed by atoms with Gasteiger partial charge in [-0.2, -0.15) is 13.2 Å². The van der Waals surface area contributed by atoms with E-state index < -0.39 is 18.0 Å². The number of carbonyl (C=O) groups is 1. The molecule has 21 heavy (non-hydrogen) atoms. The van der Waals surface area contributed by atoms with Gasteiger partial charge in [0.1, 0.15) is 0 Å². The number of imidazole rings is 1. The Hall–Kier alpha value is -2.05. The van der Waals surface area contributed by atoms with E-state index in [2.05, 4.69) is 4.98 Å². The molecule has 0 aliphatic heterocycles. The van der Waals surface area contributed by atoms with Gasteiger partial charge in [0.25, 0.3) is 0 Å². The first-order valence-electron chi connectivity index (χ1n) is 6.50. The highest BCUT2D eigenvalue weighted by Gasteiger charge is 2.43. The van der Waals surface area contributed by atoms with Gasteiger partial charge in [0.2, 0.25) is 5.82 Å². The van der Waals surface area contributed by atoms with E-state index in [1.165, 1.54) is 18.2 Å². The monoisotopic (exact) mass is 298 g/mol. The molecule has 7 heteroatoms. The summed E-state index contributed by atoms with van der Waals surface area (Å²) in [5.41, 5.74) is 0.178. The molecule has 1 aliphatic carbocycles. The summed E-state index contributed by atoms with van der Waals surface area (Å²) in [7, 11) is 0. The molecule has 0 radical (unpaired) electrons. The van der Waals surface area contributed by atoms with Crippen molar-refractivity contribution in [1.82, 2.24) is 9.55 Å². The molecule has 1 aliphatic rings. The number of halogens is 3. The minimum Gasteiger partial charge on any atom is -0.478 e. The predicted octanol–water partition coefficient (Wildman–Crippen LogP) is 3.55. The number of alkyl halides is 3. The lowest BCUT2D eigenvalue weighted by atomic mass is 10.1. The van der Waals surface area contributed by atoms with Gasteiger partial charge in [0.05, 0.1) is 16.6 Å². The molecule has 0 saturated heterocycles. The van der Waals surface area contributed by atoms with Gasteiger partial charge in [0.15, 0.2) is 0 Å². The van der Waals surface area contributed by atoms with Gasteiger partial charge in [-0.25, -0.2) is 9.78 Å². The minimum atomic E-state index is -4.56. The van der Waals surface area contributed by atoms with Crippen molar-refractivity contribution in [2.24, 2.45) is 5.41 Å². The summed E-state index contributed by atoms with van der Waals surface area (Å²) in [4.78, 5) is 14.6. The Kier molecular flexibility index (Phi) is 2.80. The molecule has 0 unspecified atom stereocenters. The molecule has 1 fully saturated rings. The summed E-state index contributed by atoms with van der Waals surface area (Å²) in [6.45, 7) is 2.11. The summed E-state index contributed by atoms with van der Waals surface area (Å²) < 4.78 is 40.5. The van der Waals surface area contributed by atoms with E-state index in [1.807, 2.05) is 6.92 Å². The standard InChI is InChI=1S/C14H13F3N2O2/c1-13(4-5-13)7-19-10-6-8(11(20)21)2-3-9(10)18-12(19)14(15,16)17/h2-3,6H,4-5,7H2,1H3,(H,20,21). The van der Waals surface area contributed by atoms with Gasteiger partial charge in [0, 0.05) is 6.54 Å². The van der Waals surface area contributed by atoms with Crippen LogP contribution in [0.1, 0.15) is 35.9 Å². The number of carboxylic acids is 1. The summed E-state index contributed by atoms with van der Waals surface area (Å²) in [5, 5.41) is 8.99. The lowest BCUT2D eigenvalue weighted by Crippen LogP contribution is -2.18. The summed E-state index contributed by atoms with van der Waals surface area (Å²) >= 11 is 0. The van der Waals surface area contributed by atoms with E-state index >= 15 is 0 Å². The van der Waals surface area contributed by atoms with Gasteiger partial charge >= 0.3 is 12.1 Å². The molecule has 1 saturated carbocycles. The van der Waals surface area contributed by atoms with Crippen molar-refractivity contribution in [1.29, 1.82) is 0 Å². The van der Waals surface area contributed by atoms with E-state index in [0.29, 0.717) is 0 Å². The Morgan fingerprint density at radius 3 is 2.62 bits per heavy atom. The van der Waals surface area contributed by atoms with Crippen molar-refractivity contribution >= 4 is 17.0 Å². The van der Waals surface area contributed by atoms with Crippen molar-refractivity contribution in [2.45, 2.75) is 32.5 Å². The first kappa shape index (κ1) is 13.9. The minimum absolute atomic E-state index is 0.0432. The summed E-state index contributed by atoms with van der Waals surface area (Å²) in [6, 6.07) is 3.84. The zero-order valence-corrected chi connectivity index (χ0v) is 11.2. The van der Waals surface area contributed by atoms with Gasteiger partial charge in [-0.15, -0.1) is 0 Å². The second kappa shape index (κ2) is 4.22. The fourth-order valence-corrected chi connectivity index (χ4v) is 2.39. The quantitative estimate of drug-likeness (QED) is 0.942. The second-order valence-corrected chi connectivity index (χ2v) is 5.84. The molecule has 1 N–H and O–H groups in total. The summed E-state index contributed by atoms with van der Waals surface area (Å²) in [5.74, 6) is -2.14. The van der Waals surface area contributed by atoms with Gasteiger partial charge in [-0.3, -0.25) is 0 Å². The molecule has 1 aromatic heterocycles. The molecule has 3 rings (SSSR count). The molecule has 4 nitrogen and oxygen atoms in total. The maximum absolute atomic E-state index is 13.1. The lowest BCUT2D eigenvalue weighted by Gasteiger charge is -2.15. The highest BCUT2D eigenvalue weighted by molar-refractivity contribution is 5.92. The largest absolute Gasteiger partial charge is 0.478 e. The maximum atomic E-state index is 13.1. The number of nitrogens with zero attached hydrogens (tertiary/aromatic N) is 2. The number of carboxylic acid groups (broad SMARTS) is 1. The third-order valence-corrected chi connectivity index (χ3v) is 3.89. The molecule has 0 spiro atoms. The SMILES string of the molecule is CC1(Cn2c(C(F)(F)F)nc3ccc(C(=O)O)cc32)CC1. The van der Waals surface area contributed by atoms with Crippen LogP contribution in [0.25, 0.3) is 11.0 Å². The van der Waals surface area contributed by atoms with Gasteiger partial charge in [-0.1, -0.05) is 6.92 Å². The number of aromatic carboxylic acids is 1. The van der Waals surface area contributed by atoms with Crippen molar-refractivity contribution in [3.63, 3.8) is 0 Å². The van der Waals surface area contributed by atoms with E-state index in [1.54, 1.807) is 0 Å². The molecule has 1 aromatic carbocycles. The van der Waals surface area contributed by atoms with Gasteiger partial charge in [-0.05, 0) is 36.5 Å². The van der Waals surface area contributed by atoms with Crippen LogP contribution in [0.15, 0.2) is 18.2 Å². The molecule has 2 aromatic rings. The van der Waals surface area contributed by atoms with E-state index in [4.69, 9.17) is 5.11 Å². The Labute approximate surface area is 118 Å². The molecule has 0 atom stereocenters. The van der Waals surface area contributed by atoms with Crippen molar-refractivity contribution < 1.29 is 23.1 Å². The first-order valence-corrected chi connectivity index (χ1v) is 6.50. The third kappa shape index (κ3) is 2.48. The van der Waals surface area contributed by atoms with Crippen LogP contribution in [0, 0.1) is 5.41 Å². The fraction of sp³-hybridized carbons (Fsp3) is 0.429. The van der Waals surface area contributed by atoms with Crippen LogP contribution < -0.4 is 0 Å². The normalized spacial score (nSPS) is 17.1. The van der Waals surface area contributed by atoms with Crippen LogP contribution in [-0.4, -0.2) is 20.6 Å². The molecular weight excluding hydrogens is 285 g/mol. The van der Waals surface area contributed by atoms with Crippen molar-refractivity contribution in [3.05, 3.63) is 29.6 Å². The number of aromatic nitrogens is 2. The Balaban J connectivity index is 2.21. The lowest BCUT2D eigenvalue weighted by molar-refractivity contribution is -0.147. The first-order chi connectivity index (χ1) is 9.70. The number of rotatable bonds is 3. The Morgan fingerprint density at radius 1 is 1.43 bits per heavy atom. The van der Waals surface area contributed by atoms with E-state index in [0.717, 1.165) is 17.4 Å². The van der Waals surface area contributed by atoms with Crippen LogP contribution in [0.4, 0.5) is 13.2 Å². The Morgan fingerprint density at radius 2 is 2.10 bits per heavy atom. The van der Waals surface area contributed by atoms with Crippen LogP contribution >= 0.6 is 0 Å². The average Bonchev–Trinajstić information content (AvgIpc) is 2.98. The highest BCUT2D eigenvalue weighted by Crippen LogP contribution is 2.47.